The lowest BCUT2D eigenvalue weighted by atomic mass is 10.1. The second-order valence-corrected chi connectivity index (χ2v) is 3.88. The molecule has 1 aliphatic heterocycles. The summed E-state index contributed by atoms with van der Waals surface area (Å²) < 4.78 is 5.30. The first kappa shape index (κ1) is 11.5. The summed E-state index contributed by atoms with van der Waals surface area (Å²) in [7, 11) is 0. The van der Waals surface area contributed by atoms with Crippen LogP contribution in [-0.2, 0) is 9.53 Å². The molecule has 0 spiro atoms. The minimum Gasteiger partial charge on any atom is -0.391 e. The van der Waals surface area contributed by atoms with Gasteiger partial charge in [0.1, 0.15) is 0 Å². The largest absolute Gasteiger partial charge is 0.391 e. The van der Waals surface area contributed by atoms with Crippen LogP contribution in [0, 0.1) is 5.92 Å². The molecule has 1 aliphatic rings. The minimum absolute atomic E-state index is 0.00171. The van der Waals surface area contributed by atoms with Crippen molar-refractivity contribution in [2.75, 3.05) is 13.2 Å². The van der Waals surface area contributed by atoms with Gasteiger partial charge in [0.2, 0.25) is 5.91 Å². The molecule has 3 atom stereocenters. The molecule has 4 heteroatoms. The van der Waals surface area contributed by atoms with Gasteiger partial charge in [0.25, 0.3) is 0 Å². The fourth-order valence-electron chi connectivity index (χ4n) is 1.51. The molecule has 0 aromatic heterocycles. The third kappa shape index (κ3) is 3.27. The van der Waals surface area contributed by atoms with E-state index in [4.69, 9.17) is 4.74 Å². The Balaban J connectivity index is 2.22. The summed E-state index contributed by atoms with van der Waals surface area (Å²) in [6.45, 7) is 4.71. The highest BCUT2D eigenvalue weighted by Gasteiger charge is 2.28. The van der Waals surface area contributed by atoms with Crippen molar-refractivity contribution in [3.05, 3.63) is 0 Å². The lowest BCUT2D eigenvalue weighted by Crippen LogP contribution is -2.36. The molecule has 1 rings (SSSR count). The fraction of sp³-hybridized carbons (Fsp3) is 0.900. The average molecular weight is 201 g/mol. The topological polar surface area (TPSA) is 58.6 Å². The molecule has 0 saturated carbocycles. The van der Waals surface area contributed by atoms with Crippen LogP contribution >= 0.6 is 0 Å². The zero-order chi connectivity index (χ0) is 10.6. The van der Waals surface area contributed by atoms with Crippen molar-refractivity contribution in [2.24, 2.45) is 5.92 Å². The first-order chi connectivity index (χ1) is 6.63. The SMILES string of the molecule is CCC(O)CNC(=O)C1COC(C)C1. The summed E-state index contributed by atoms with van der Waals surface area (Å²) >= 11 is 0. The predicted octanol–water partition coefficient (Wildman–Crippen LogP) is 0.298. The number of amides is 1. The minimum atomic E-state index is -0.432. The average Bonchev–Trinajstić information content (AvgIpc) is 2.60. The molecule has 3 unspecified atom stereocenters. The summed E-state index contributed by atoms with van der Waals surface area (Å²) in [5, 5.41) is 12.0. The molecule has 14 heavy (non-hydrogen) atoms. The molecule has 0 aliphatic carbocycles. The second kappa shape index (κ2) is 5.32. The van der Waals surface area contributed by atoms with Gasteiger partial charge >= 0.3 is 0 Å². The third-order valence-corrected chi connectivity index (χ3v) is 2.55. The Hall–Kier alpha value is -0.610. The van der Waals surface area contributed by atoms with E-state index in [1.807, 2.05) is 13.8 Å². The molecule has 0 aromatic rings. The van der Waals surface area contributed by atoms with E-state index >= 15 is 0 Å². The van der Waals surface area contributed by atoms with E-state index in [1.165, 1.54) is 0 Å². The third-order valence-electron chi connectivity index (χ3n) is 2.55. The highest BCUT2D eigenvalue weighted by molar-refractivity contribution is 5.79. The summed E-state index contributed by atoms with van der Waals surface area (Å²) in [4.78, 5) is 11.5. The Kier molecular flexibility index (Phi) is 4.35. The number of carbonyl (C=O) groups is 1. The second-order valence-electron chi connectivity index (χ2n) is 3.88. The Bertz CT molecular complexity index is 196. The summed E-state index contributed by atoms with van der Waals surface area (Å²) in [5.74, 6) is -0.0316. The van der Waals surface area contributed by atoms with E-state index in [0.717, 1.165) is 6.42 Å². The number of rotatable bonds is 4. The molecule has 1 saturated heterocycles. The summed E-state index contributed by atoms with van der Waals surface area (Å²) in [5.41, 5.74) is 0. The van der Waals surface area contributed by atoms with Gasteiger partial charge in [0, 0.05) is 6.54 Å². The van der Waals surface area contributed by atoms with E-state index < -0.39 is 6.10 Å². The zero-order valence-electron chi connectivity index (χ0n) is 8.82. The van der Waals surface area contributed by atoms with Crippen LogP contribution in [0.5, 0.6) is 0 Å². The number of aliphatic hydroxyl groups excluding tert-OH is 1. The van der Waals surface area contributed by atoms with Crippen LogP contribution in [0.15, 0.2) is 0 Å². The van der Waals surface area contributed by atoms with Crippen molar-refractivity contribution in [1.29, 1.82) is 0 Å². The lowest BCUT2D eigenvalue weighted by Gasteiger charge is -2.12. The van der Waals surface area contributed by atoms with E-state index in [9.17, 15) is 9.90 Å². The van der Waals surface area contributed by atoms with Crippen LogP contribution < -0.4 is 5.32 Å². The van der Waals surface area contributed by atoms with Crippen LogP contribution in [-0.4, -0.2) is 36.4 Å². The fourth-order valence-corrected chi connectivity index (χ4v) is 1.51. The number of hydrogen-bond acceptors (Lipinski definition) is 3. The van der Waals surface area contributed by atoms with E-state index in [-0.39, 0.29) is 17.9 Å². The highest BCUT2D eigenvalue weighted by Crippen LogP contribution is 2.18. The number of ether oxygens (including phenoxy) is 1. The molecule has 0 radical (unpaired) electrons. The van der Waals surface area contributed by atoms with Crippen LogP contribution in [0.4, 0.5) is 0 Å². The van der Waals surface area contributed by atoms with Gasteiger partial charge < -0.3 is 15.2 Å². The van der Waals surface area contributed by atoms with Crippen molar-refractivity contribution >= 4 is 5.91 Å². The van der Waals surface area contributed by atoms with Gasteiger partial charge in [-0.1, -0.05) is 6.92 Å². The van der Waals surface area contributed by atoms with Crippen LogP contribution in [0.25, 0.3) is 0 Å². The van der Waals surface area contributed by atoms with E-state index in [0.29, 0.717) is 19.6 Å². The Morgan fingerprint density at radius 3 is 2.93 bits per heavy atom. The molecule has 4 nitrogen and oxygen atoms in total. The predicted molar refractivity (Wildman–Crippen MR) is 52.8 cm³/mol. The summed E-state index contributed by atoms with van der Waals surface area (Å²) in [6.07, 6.45) is 1.20. The number of nitrogens with one attached hydrogen (secondary N) is 1. The monoisotopic (exact) mass is 201 g/mol. The van der Waals surface area contributed by atoms with Crippen molar-refractivity contribution < 1.29 is 14.6 Å². The van der Waals surface area contributed by atoms with Crippen molar-refractivity contribution in [3.8, 4) is 0 Å². The number of aliphatic hydroxyl groups is 1. The molecular formula is C10H19NO3. The zero-order valence-corrected chi connectivity index (χ0v) is 8.82. The highest BCUT2D eigenvalue weighted by atomic mass is 16.5. The molecule has 2 N–H and O–H groups in total. The van der Waals surface area contributed by atoms with Crippen LogP contribution in [0.2, 0.25) is 0 Å². The summed E-state index contributed by atoms with van der Waals surface area (Å²) in [6, 6.07) is 0. The maximum Gasteiger partial charge on any atom is 0.225 e. The standard InChI is InChI=1S/C10H19NO3/c1-3-9(12)5-11-10(13)8-4-7(2)14-6-8/h7-9,12H,3-6H2,1-2H3,(H,11,13). The smallest absolute Gasteiger partial charge is 0.225 e. The van der Waals surface area contributed by atoms with Gasteiger partial charge in [-0.3, -0.25) is 4.79 Å². The number of carbonyl (C=O) groups excluding carboxylic acids is 1. The molecule has 0 bridgehead atoms. The van der Waals surface area contributed by atoms with Crippen LogP contribution in [0.3, 0.4) is 0 Å². The maximum absolute atomic E-state index is 11.5. The number of hydrogen-bond donors (Lipinski definition) is 2. The van der Waals surface area contributed by atoms with Gasteiger partial charge in [0.15, 0.2) is 0 Å². The van der Waals surface area contributed by atoms with Crippen molar-refractivity contribution in [3.63, 3.8) is 0 Å². The maximum atomic E-state index is 11.5. The normalized spacial score (nSPS) is 28.8. The van der Waals surface area contributed by atoms with E-state index in [1.54, 1.807) is 0 Å². The molecule has 82 valence electrons. The van der Waals surface area contributed by atoms with Gasteiger partial charge in [0.05, 0.1) is 24.7 Å². The molecule has 0 aromatic carbocycles. The van der Waals surface area contributed by atoms with Crippen molar-refractivity contribution in [2.45, 2.75) is 38.9 Å². The molecule has 1 heterocycles. The molecule has 1 fully saturated rings. The first-order valence-electron chi connectivity index (χ1n) is 5.20. The lowest BCUT2D eigenvalue weighted by molar-refractivity contribution is -0.125. The van der Waals surface area contributed by atoms with E-state index in [2.05, 4.69) is 5.32 Å². The van der Waals surface area contributed by atoms with Gasteiger partial charge in [-0.25, -0.2) is 0 Å². The van der Waals surface area contributed by atoms with Gasteiger partial charge in [-0.2, -0.15) is 0 Å². The van der Waals surface area contributed by atoms with Gasteiger partial charge in [-0.05, 0) is 19.8 Å². The molecular weight excluding hydrogens is 182 g/mol. The Morgan fingerprint density at radius 1 is 1.71 bits per heavy atom. The quantitative estimate of drug-likeness (QED) is 0.687. The van der Waals surface area contributed by atoms with Gasteiger partial charge in [-0.15, -0.1) is 0 Å². The molecule has 1 amide bonds. The Morgan fingerprint density at radius 2 is 2.43 bits per heavy atom. The first-order valence-corrected chi connectivity index (χ1v) is 5.20. The Labute approximate surface area is 84.6 Å². The van der Waals surface area contributed by atoms with Crippen molar-refractivity contribution in [1.82, 2.24) is 5.32 Å². The van der Waals surface area contributed by atoms with Crippen LogP contribution in [0.1, 0.15) is 26.7 Å².